The van der Waals surface area contributed by atoms with Gasteiger partial charge in [-0.25, -0.2) is 9.67 Å². The van der Waals surface area contributed by atoms with Gasteiger partial charge in [-0.3, -0.25) is 4.79 Å². The van der Waals surface area contributed by atoms with Gasteiger partial charge < -0.3 is 5.32 Å². The van der Waals surface area contributed by atoms with E-state index in [1.54, 1.807) is 0 Å². The molecule has 0 aliphatic heterocycles. The molecule has 0 spiro atoms. The summed E-state index contributed by atoms with van der Waals surface area (Å²) < 4.78 is 1.86. The summed E-state index contributed by atoms with van der Waals surface area (Å²) in [6, 6.07) is 1.87. The van der Waals surface area contributed by atoms with Crippen LogP contribution in [0.4, 0.5) is 0 Å². The van der Waals surface area contributed by atoms with Gasteiger partial charge in [0, 0.05) is 18.8 Å². The number of aryl methyl sites for hydroxylation is 3. The molecule has 1 aliphatic carbocycles. The molecule has 2 heterocycles. The SMILES string of the molecule is CCn1nc(C)c2c(C(=O)NCC3CCC3)cc(C)nc21. The van der Waals surface area contributed by atoms with E-state index >= 15 is 0 Å². The minimum atomic E-state index is -0.00356. The first-order chi connectivity index (χ1) is 10.1. The number of rotatable bonds is 4. The van der Waals surface area contributed by atoms with Crippen molar-refractivity contribution >= 4 is 16.9 Å². The quantitative estimate of drug-likeness (QED) is 0.939. The standard InChI is InChI=1S/C16H22N4O/c1-4-20-15-14(11(3)19-20)13(8-10(2)18-15)16(21)17-9-12-6-5-7-12/h8,12H,4-7,9H2,1-3H3,(H,17,21). The van der Waals surface area contributed by atoms with Gasteiger partial charge in [-0.1, -0.05) is 6.42 Å². The second kappa shape index (κ2) is 5.47. The summed E-state index contributed by atoms with van der Waals surface area (Å²) in [6.45, 7) is 7.43. The van der Waals surface area contributed by atoms with Crippen molar-refractivity contribution in [3.05, 3.63) is 23.0 Å². The number of aromatic nitrogens is 3. The molecular weight excluding hydrogens is 264 g/mol. The van der Waals surface area contributed by atoms with Gasteiger partial charge in [0.2, 0.25) is 0 Å². The largest absolute Gasteiger partial charge is 0.352 e. The lowest BCUT2D eigenvalue weighted by Gasteiger charge is -2.25. The summed E-state index contributed by atoms with van der Waals surface area (Å²) in [5.74, 6) is 0.656. The van der Waals surface area contributed by atoms with Crippen LogP contribution in [0.25, 0.3) is 11.0 Å². The number of nitrogens with zero attached hydrogens (tertiary/aromatic N) is 3. The number of hydrogen-bond acceptors (Lipinski definition) is 3. The fourth-order valence-electron chi connectivity index (χ4n) is 2.91. The van der Waals surface area contributed by atoms with Crippen LogP contribution in [0, 0.1) is 19.8 Å². The van der Waals surface area contributed by atoms with Gasteiger partial charge in [0.15, 0.2) is 5.65 Å². The van der Waals surface area contributed by atoms with Crippen molar-refractivity contribution < 1.29 is 4.79 Å². The second-order valence-corrected chi connectivity index (χ2v) is 5.92. The van der Waals surface area contributed by atoms with Crippen molar-refractivity contribution in [3.8, 4) is 0 Å². The predicted molar refractivity (Wildman–Crippen MR) is 82.4 cm³/mol. The van der Waals surface area contributed by atoms with E-state index in [4.69, 9.17) is 0 Å². The van der Waals surface area contributed by atoms with Crippen LogP contribution in [-0.2, 0) is 6.54 Å². The summed E-state index contributed by atoms with van der Waals surface area (Å²) in [4.78, 5) is 17.1. The molecule has 2 aromatic rings. The summed E-state index contributed by atoms with van der Waals surface area (Å²) in [5, 5.41) is 8.44. The normalized spacial score (nSPS) is 15.2. The molecule has 1 amide bonds. The Morgan fingerprint density at radius 2 is 2.19 bits per heavy atom. The molecule has 112 valence electrons. The van der Waals surface area contributed by atoms with Crippen molar-refractivity contribution in [2.24, 2.45) is 5.92 Å². The maximum atomic E-state index is 12.5. The Labute approximate surface area is 124 Å². The van der Waals surface area contributed by atoms with Crippen LogP contribution >= 0.6 is 0 Å². The molecule has 1 fully saturated rings. The van der Waals surface area contributed by atoms with Crippen LogP contribution in [0.2, 0.25) is 0 Å². The summed E-state index contributed by atoms with van der Waals surface area (Å²) in [7, 11) is 0. The van der Waals surface area contributed by atoms with E-state index < -0.39 is 0 Å². The number of carbonyl (C=O) groups excluding carboxylic acids is 1. The highest BCUT2D eigenvalue weighted by molar-refractivity contribution is 6.06. The Morgan fingerprint density at radius 1 is 1.43 bits per heavy atom. The highest BCUT2D eigenvalue weighted by Gasteiger charge is 2.21. The average Bonchev–Trinajstić information content (AvgIpc) is 2.72. The van der Waals surface area contributed by atoms with Gasteiger partial charge in [0.05, 0.1) is 16.6 Å². The van der Waals surface area contributed by atoms with E-state index in [0.29, 0.717) is 11.5 Å². The number of pyridine rings is 1. The lowest BCUT2D eigenvalue weighted by Crippen LogP contribution is -2.32. The molecular formula is C16H22N4O. The van der Waals surface area contributed by atoms with Gasteiger partial charge >= 0.3 is 0 Å². The van der Waals surface area contributed by atoms with Crippen LogP contribution in [0.3, 0.4) is 0 Å². The van der Waals surface area contributed by atoms with E-state index in [9.17, 15) is 4.79 Å². The molecule has 1 N–H and O–H groups in total. The number of nitrogens with one attached hydrogen (secondary N) is 1. The zero-order chi connectivity index (χ0) is 15.0. The van der Waals surface area contributed by atoms with Gasteiger partial charge in [-0.15, -0.1) is 0 Å². The monoisotopic (exact) mass is 286 g/mol. The molecule has 1 saturated carbocycles. The Bertz CT molecular complexity index is 685. The highest BCUT2D eigenvalue weighted by Crippen LogP contribution is 2.26. The first-order valence-electron chi connectivity index (χ1n) is 7.73. The van der Waals surface area contributed by atoms with Crippen molar-refractivity contribution in [1.82, 2.24) is 20.1 Å². The lowest BCUT2D eigenvalue weighted by atomic mass is 9.85. The topological polar surface area (TPSA) is 59.8 Å². The maximum Gasteiger partial charge on any atom is 0.252 e. The summed E-state index contributed by atoms with van der Waals surface area (Å²) in [6.07, 6.45) is 3.76. The lowest BCUT2D eigenvalue weighted by molar-refractivity contribution is 0.0940. The third-order valence-corrected chi connectivity index (χ3v) is 4.33. The Hall–Kier alpha value is -1.91. The van der Waals surface area contributed by atoms with E-state index in [0.717, 1.165) is 35.5 Å². The van der Waals surface area contributed by atoms with E-state index in [1.807, 2.05) is 31.5 Å². The average molecular weight is 286 g/mol. The summed E-state index contributed by atoms with van der Waals surface area (Å²) in [5.41, 5.74) is 3.23. The predicted octanol–water partition coefficient (Wildman–Crippen LogP) is 2.60. The second-order valence-electron chi connectivity index (χ2n) is 5.92. The van der Waals surface area contributed by atoms with Crippen LogP contribution in [0.5, 0.6) is 0 Å². The first kappa shape index (κ1) is 14.0. The Balaban J connectivity index is 1.96. The zero-order valence-corrected chi connectivity index (χ0v) is 12.9. The molecule has 0 unspecified atom stereocenters. The van der Waals surface area contributed by atoms with Crippen LogP contribution < -0.4 is 5.32 Å². The molecule has 0 atom stereocenters. The zero-order valence-electron chi connectivity index (χ0n) is 12.9. The van der Waals surface area contributed by atoms with E-state index in [-0.39, 0.29) is 5.91 Å². The Morgan fingerprint density at radius 3 is 2.81 bits per heavy atom. The number of fused-ring (bicyclic) bond motifs is 1. The molecule has 5 nitrogen and oxygen atoms in total. The Kier molecular flexibility index (Phi) is 3.66. The van der Waals surface area contributed by atoms with Crippen molar-refractivity contribution in [1.29, 1.82) is 0 Å². The highest BCUT2D eigenvalue weighted by atomic mass is 16.1. The molecule has 2 aromatic heterocycles. The van der Waals surface area contributed by atoms with Gasteiger partial charge in [-0.2, -0.15) is 5.10 Å². The van der Waals surface area contributed by atoms with Crippen LogP contribution in [0.15, 0.2) is 6.07 Å². The van der Waals surface area contributed by atoms with Gasteiger partial charge in [0.1, 0.15) is 0 Å². The van der Waals surface area contributed by atoms with Gasteiger partial charge in [-0.05, 0) is 45.6 Å². The minimum absolute atomic E-state index is 0.00356. The summed E-state index contributed by atoms with van der Waals surface area (Å²) >= 11 is 0. The molecule has 5 heteroatoms. The smallest absolute Gasteiger partial charge is 0.252 e. The number of carbonyl (C=O) groups is 1. The molecule has 0 bridgehead atoms. The number of hydrogen-bond donors (Lipinski definition) is 1. The number of amides is 1. The molecule has 1 aliphatic rings. The molecule has 0 aromatic carbocycles. The van der Waals surface area contributed by atoms with Gasteiger partial charge in [0.25, 0.3) is 5.91 Å². The van der Waals surface area contributed by atoms with Crippen molar-refractivity contribution in [2.45, 2.75) is 46.6 Å². The molecule has 0 radical (unpaired) electrons. The maximum absolute atomic E-state index is 12.5. The molecule has 21 heavy (non-hydrogen) atoms. The fraction of sp³-hybridized carbons (Fsp3) is 0.562. The third kappa shape index (κ3) is 2.52. The van der Waals surface area contributed by atoms with Crippen LogP contribution in [-0.4, -0.2) is 27.2 Å². The van der Waals surface area contributed by atoms with Crippen LogP contribution in [0.1, 0.15) is 47.9 Å². The van der Waals surface area contributed by atoms with Crippen molar-refractivity contribution in [3.63, 3.8) is 0 Å². The van der Waals surface area contributed by atoms with E-state index in [1.165, 1.54) is 19.3 Å². The fourth-order valence-corrected chi connectivity index (χ4v) is 2.91. The molecule has 3 rings (SSSR count). The minimum Gasteiger partial charge on any atom is -0.352 e. The first-order valence-corrected chi connectivity index (χ1v) is 7.73. The van der Waals surface area contributed by atoms with E-state index in [2.05, 4.69) is 15.4 Å². The van der Waals surface area contributed by atoms with Crippen molar-refractivity contribution in [2.75, 3.05) is 6.54 Å². The third-order valence-electron chi connectivity index (χ3n) is 4.33. The molecule has 0 saturated heterocycles.